The van der Waals surface area contributed by atoms with Crippen LogP contribution in [0.5, 0.6) is 0 Å². The highest BCUT2D eigenvalue weighted by Gasteiger charge is 2.07. The molecular weight excluding hydrogens is 247 g/mol. The van der Waals surface area contributed by atoms with Crippen molar-refractivity contribution >= 4 is 22.6 Å². The Bertz CT molecular complexity index is 199. The zero-order valence-corrected chi connectivity index (χ0v) is 8.91. The van der Waals surface area contributed by atoms with E-state index in [0.717, 1.165) is 6.42 Å². The summed E-state index contributed by atoms with van der Waals surface area (Å²) >= 11 is 2.49. The third kappa shape index (κ3) is 2.81. The Labute approximate surface area is 82.2 Å². The highest BCUT2D eigenvalue weighted by Crippen LogP contribution is 2.22. The number of hydrogen-bond donors (Lipinski definition) is 0. The molecule has 0 saturated carbocycles. The molecule has 0 aromatic carbocycles. The van der Waals surface area contributed by atoms with E-state index in [1.54, 1.807) is 0 Å². The maximum absolute atomic E-state index is 2.49. The van der Waals surface area contributed by atoms with Crippen LogP contribution in [-0.4, -0.2) is 3.92 Å². The summed E-state index contributed by atoms with van der Waals surface area (Å²) in [6.45, 7) is 2.16. The lowest BCUT2D eigenvalue weighted by Crippen LogP contribution is -2.00. The van der Waals surface area contributed by atoms with Gasteiger partial charge in [-0.2, -0.15) is 0 Å². The van der Waals surface area contributed by atoms with Crippen molar-refractivity contribution < 1.29 is 0 Å². The maximum atomic E-state index is 2.49. The topological polar surface area (TPSA) is 0 Å². The van der Waals surface area contributed by atoms with E-state index in [-0.39, 0.29) is 0 Å². The van der Waals surface area contributed by atoms with Gasteiger partial charge in [-0.1, -0.05) is 59.9 Å². The highest BCUT2D eigenvalue weighted by molar-refractivity contribution is 14.1. The van der Waals surface area contributed by atoms with E-state index < -0.39 is 0 Å². The average Bonchev–Trinajstić information content (AvgIpc) is 2.03. The first-order chi connectivity index (χ1) is 5.34. The summed E-state index contributed by atoms with van der Waals surface area (Å²) in [7, 11) is 0. The summed E-state index contributed by atoms with van der Waals surface area (Å²) in [5.74, 6) is 0. The summed E-state index contributed by atoms with van der Waals surface area (Å²) in [6.07, 6.45) is 13.3. The Morgan fingerprint density at radius 2 is 2.55 bits per heavy atom. The molecule has 0 nitrogen and oxygen atoms in total. The molecule has 1 aliphatic rings. The summed E-state index contributed by atoms with van der Waals surface area (Å²) in [5, 5.41) is 0. The van der Waals surface area contributed by atoms with Crippen LogP contribution in [0.2, 0.25) is 0 Å². The van der Waals surface area contributed by atoms with Crippen LogP contribution >= 0.6 is 22.6 Å². The van der Waals surface area contributed by atoms with E-state index in [1.165, 1.54) is 12.0 Å². The molecule has 0 aromatic heterocycles. The van der Waals surface area contributed by atoms with Gasteiger partial charge in [0.05, 0.1) is 0 Å². The lowest BCUT2D eigenvalue weighted by molar-refractivity contribution is 1.04. The molecule has 0 bridgehead atoms. The third-order valence-electron chi connectivity index (χ3n) is 1.68. The van der Waals surface area contributed by atoms with Crippen molar-refractivity contribution in [3.8, 4) is 0 Å². The van der Waals surface area contributed by atoms with Crippen LogP contribution in [0.4, 0.5) is 0 Å². The van der Waals surface area contributed by atoms with Crippen LogP contribution in [0, 0.1) is 0 Å². The SMILES string of the molecule is CC/C=C\C1=CC=CCC1I. The molecule has 0 N–H and O–H groups in total. The van der Waals surface area contributed by atoms with Crippen molar-refractivity contribution in [2.75, 3.05) is 0 Å². The summed E-state index contributed by atoms with van der Waals surface area (Å²) < 4.78 is 0.681. The Kier molecular flexibility index (Phi) is 3.91. The minimum Gasteiger partial charge on any atom is -0.0845 e. The van der Waals surface area contributed by atoms with Gasteiger partial charge in [0.15, 0.2) is 0 Å². The molecule has 0 amide bonds. The van der Waals surface area contributed by atoms with E-state index in [0.29, 0.717) is 3.92 Å². The number of allylic oxidation sites excluding steroid dienone is 6. The molecule has 0 aliphatic heterocycles. The Balaban J connectivity index is 2.60. The van der Waals surface area contributed by atoms with Gasteiger partial charge in [0.1, 0.15) is 0 Å². The summed E-state index contributed by atoms with van der Waals surface area (Å²) in [5.41, 5.74) is 1.45. The summed E-state index contributed by atoms with van der Waals surface area (Å²) in [4.78, 5) is 0. The fourth-order valence-electron chi connectivity index (χ4n) is 1.03. The number of rotatable bonds is 2. The lowest BCUT2D eigenvalue weighted by Gasteiger charge is -2.11. The molecule has 11 heavy (non-hydrogen) atoms. The minimum absolute atomic E-state index is 0.681. The van der Waals surface area contributed by atoms with Gasteiger partial charge in [-0.05, 0) is 18.4 Å². The van der Waals surface area contributed by atoms with E-state index in [9.17, 15) is 0 Å². The number of halogens is 1. The van der Waals surface area contributed by atoms with E-state index >= 15 is 0 Å². The molecule has 0 aromatic rings. The van der Waals surface area contributed by atoms with E-state index in [2.05, 4.69) is 59.9 Å². The Hall–Kier alpha value is -0.0500. The fraction of sp³-hybridized carbons (Fsp3) is 0.400. The second-order valence-electron chi connectivity index (χ2n) is 2.61. The first-order valence-electron chi connectivity index (χ1n) is 4.02. The van der Waals surface area contributed by atoms with Crippen LogP contribution in [0.1, 0.15) is 19.8 Å². The van der Waals surface area contributed by atoms with Crippen molar-refractivity contribution in [2.24, 2.45) is 0 Å². The minimum atomic E-state index is 0.681. The zero-order valence-electron chi connectivity index (χ0n) is 6.76. The smallest absolute Gasteiger partial charge is 0.0393 e. The molecule has 1 unspecified atom stereocenters. The lowest BCUT2D eigenvalue weighted by atomic mass is 10.0. The first-order valence-corrected chi connectivity index (χ1v) is 5.26. The van der Waals surface area contributed by atoms with Crippen molar-refractivity contribution in [2.45, 2.75) is 23.7 Å². The van der Waals surface area contributed by atoms with Gasteiger partial charge in [0, 0.05) is 3.92 Å². The molecule has 1 aliphatic carbocycles. The summed E-state index contributed by atoms with van der Waals surface area (Å²) in [6, 6.07) is 0. The van der Waals surface area contributed by atoms with Crippen LogP contribution < -0.4 is 0 Å². The predicted molar refractivity (Wildman–Crippen MR) is 59.1 cm³/mol. The average molecular weight is 260 g/mol. The molecule has 0 heterocycles. The van der Waals surface area contributed by atoms with E-state index in [4.69, 9.17) is 0 Å². The van der Waals surface area contributed by atoms with Gasteiger partial charge in [-0.15, -0.1) is 0 Å². The quantitative estimate of drug-likeness (QED) is 0.525. The highest BCUT2D eigenvalue weighted by atomic mass is 127. The second kappa shape index (κ2) is 4.75. The standard InChI is InChI=1S/C10H13I/c1-2-3-6-9-7-4-5-8-10(9)11/h3-7,10H,2,8H2,1H3/b6-3-. The molecule has 60 valence electrons. The van der Waals surface area contributed by atoms with Gasteiger partial charge in [-0.3, -0.25) is 0 Å². The predicted octanol–water partition coefficient (Wildman–Crippen LogP) is 3.64. The molecular formula is C10H13I. The number of alkyl halides is 1. The Morgan fingerprint density at radius 1 is 1.73 bits per heavy atom. The van der Waals surface area contributed by atoms with Crippen molar-refractivity contribution in [3.05, 3.63) is 36.0 Å². The molecule has 1 rings (SSSR count). The van der Waals surface area contributed by atoms with Crippen molar-refractivity contribution in [1.82, 2.24) is 0 Å². The third-order valence-corrected chi connectivity index (χ3v) is 2.90. The normalized spacial score (nSPS) is 24.2. The molecule has 0 spiro atoms. The monoisotopic (exact) mass is 260 g/mol. The van der Waals surface area contributed by atoms with E-state index in [1.807, 2.05) is 0 Å². The van der Waals surface area contributed by atoms with Crippen LogP contribution in [-0.2, 0) is 0 Å². The molecule has 0 fully saturated rings. The van der Waals surface area contributed by atoms with Crippen molar-refractivity contribution in [1.29, 1.82) is 0 Å². The molecule has 0 radical (unpaired) electrons. The zero-order chi connectivity index (χ0) is 8.10. The van der Waals surface area contributed by atoms with Crippen LogP contribution in [0.3, 0.4) is 0 Å². The van der Waals surface area contributed by atoms with Crippen LogP contribution in [0.25, 0.3) is 0 Å². The largest absolute Gasteiger partial charge is 0.0845 e. The van der Waals surface area contributed by atoms with Crippen molar-refractivity contribution in [3.63, 3.8) is 0 Å². The van der Waals surface area contributed by atoms with Gasteiger partial charge in [0.25, 0.3) is 0 Å². The first kappa shape index (κ1) is 9.04. The van der Waals surface area contributed by atoms with Gasteiger partial charge < -0.3 is 0 Å². The number of hydrogen-bond acceptors (Lipinski definition) is 0. The molecule has 1 atom stereocenters. The fourth-order valence-corrected chi connectivity index (χ4v) is 1.74. The van der Waals surface area contributed by atoms with Gasteiger partial charge >= 0.3 is 0 Å². The Morgan fingerprint density at radius 3 is 3.18 bits per heavy atom. The molecule has 1 heteroatoms. The van der Waals surface area contributed by atoms with Gasteiger partial charge in [0.2, 0.25) is 0 Å². The molecule has 0 saturated heterocycles. The maximum Gasteiger partial charge on any atom is 0.0393 e. The second-order valence-corrected chi connectivity index (χ2v) is 4.11. The van der Waals surface area contributed by atoms with Gasteiger partial charge in [-0.25, -0.2) is 0 Å². The van der Waals surface area contributed by atoms with Crippen LogP contribution in [0.15, 0.2) is 36.0 Å².